The molecule has 0 unspecified atom stereocenters. The summed E-state index contributed by atoms with van der Waals surface area (Å²) < 4.78 is 5.24. The van der Waals surface area contributed by atoms with Crippen LogP contribution < -0.4 is 10.1 Å². The summed E-state index contributed by atoms with van der Waals surface area (Å²) in [6.07, 6.45) is 2.60. The second kappa shape index (κ2) is 5.93. The number of rotatable bonds is 4. The SMILES string of the molecule is CCc1ccccc1NC(=O)c1c[nH]c2ccc(OC)cc12. The van der Waals surface area contributed by atoms with E-state index in [9.17, 15) is 4.79 Å². The number of H-pyrrole nitrogens is 1. The molecule has 0 aliphatic rings. The molecule has 0 aliphatic carbocycles. The Labute approximate surface area is 129 Å². The van der Waals surface area contributed by atoms with Gasteiger partial charge in [0.1, 0.15) is 5.75 Å². The van der Waals surface area contributed by atoms with Crippen molar-refractivity contribution in [2.24, 2.45) is 0 Å². The molecule has 4 heteroatoms. The van der Waals surface area contributed by atoms with E-state index < -0.39 is 0 Å². The van der Waals surface area contributed by atoms with Crippen LogP contribution in [0.1, 0.15) is 22.8 Å². The average molecular weight is 294 g/mol. The number of amides is 1. The van der Waals surface area contributed by atoms with Crippen LogP contribution in [-0.2, 0) is 6.42 Å². The topological polar surface area (TPSA) is 54.1 Å². The number of aromatic nitrogens is 1. The van der Waals surface area contributed by atoms with E-state index in [1.165, 1.54) is 0 Å². The Balaban J connectivity index is 1.95. The number of hydrogen-bond donors (Lipinski definition) is 2. The van der Waals surface area contributed by atoms with Crippen LogP contribution in [0.25, 0.3) is 10.9 Å². The lowest BCUT2D eigenvalue weighted by Gasteiger charge is -2.09. The molecule has 2 N–H and O–H groups in total. The van der Waals surface area contributed by atoms with Crippen molar-refractivity contribution in [2.45, 2.75) is 13.3 Å². The molecule has 0 fully saturated rings. The summed E-state index contributed by atoms with van der Waals surface area (Å²) >= 11 is 0. The average Bonchev–Trinajstić information content (AvgIpc) is 2.98. The number of para-hydroxylation sites is 1. The molecule has 0 saturated heterocycles. The Morgan fingerprint density at radius 3 is 2.82 bits per heavy atom. The second-order valence-corrected chi connectivity index (χ2v) is 5.08. The molecule has 0 saturated carbocycles. The van der Waals surface area contributed by atoms with E-state index in [1.54, 1.807) is 13.3 Å². The van der Waals surface area contributed by atoms with Gasteiger partial charge in [-0.05, 0) is 36.2 Å². The largest absolute Gasteiger partial charge is 0.497 e. The smallest absolute Gasteiger partial charge is 0.257 e. The molecule has 3 aromatic rings. The summed E-state index contributed by atoms with van der Waals surface area (Å²) in [7, 11) is 1.62. The zero-order chi connectivity index (χ0) is 15.5. The lowest BCUT2D eigenvalue weighted by molar-refractivity contribution is 0.102. The lowest BCUT2D eigenvalue weighted by Crippen LogP contribution is -2.12. The number of nitrogens with one attached hydrogen (secondary N) is 2. The maximum Gasteiger partial charge on any atom is 0.257 e. The summed E-state index contributed by atoms with van der Waals surface area (Å²) in [6.45, 7) is 2.07. The standard InChI is InChI=1S/C18H18N2O2/c1-3-12-6-4-5-7-16(12)20-18(21)15-11-19-17-9-8-13(22-2)10-14(15)17/h4-11,19H,3H2,1-2H3,(H,20,21). The maximum absolute atomic E-state index is 12.6. The quantitative estimate of drug-likeness (QED) is 0.764. The third-order valence-corrected chi connectivity index (χ3v) is 3.78. The fourth-order valence-electron chi connectivity index (χ4n) is 2.55. The van der Waals surface area contributed by atoms with Crippen LogP contribution in [-0.4, -0.2) is 18.0 Å². The van der Waals surface area contributed by atoms with E-state index >= 15 is 0 Å². The van der Waals surface area contributed by atoms with Gasteiger partial charge in [0.15, 0.2) is 0 Å². The van der Waals surface area contributed by atoms with Gasteiger partial charge in [0.25, 0.3) is 5.91 Å². The summed E-state index contributed by atoms with van der Waals surface area (Å²) in [6, 6.07) is 13.5. The Hall–Kier alpha value is -2.75. The molecule has 22 heavy (non-hydrogen) atoms. The van der Waals surface area contributed by atoms with Crippen LogP contribution in [0.2, 0.25) is 0 Å². The van der Waals surface area contributed by atoms with Gasteiger partial charge in [-0.15, -0.1) is 0 Å². The van der Waals surface area contributed by atoms with Gasteiger partial charge in [-0.3, -0.25) is 4.79 Å². The van der Waals surface area contributed by atoms with E-state index in [2.05, 4.69) is 17.2 Å². The number of methoxy groups -OCH3 is 1. The van der Waals surface area contributed by atoms with Crippen molar-refractivity contribution < 1.29 is 9.53 Å². The van der Waals surface area contributed by atoms with Gasteiger partial charge < -0.3 is 15.0 Å². The number of hydrogen-bond acceptors (Lipinski definition) is 2. The monoisotopic (exact) mass is 294 g/mol. The number of fused-ring (bicyclic) bond motifs is 1. The fraction of sp³-hybridized carbons (Fsp3) is 0.167. The van der Waals surface area contributed by atoms with Gasteiger partial charge in [-0.25, -0.2) is 0 Å². The predicted molar refractivity (Wildman–Crippen MR) is 88.6 cm³/mol. The Bertz CT molecular complexity index is 821. The minimum Gasteiger partial charge on any atom is -0.497 e. The Morgan fingerprint density at radius 2 is 2.05 bits per heavy atom. The highest BCUT2D eigenvalue weighted by Crippen LogP contribution is 2.25. The molecule has 0 spiro atoms. The van der Waals surface area contributed by atoms with E-state index in [0.717, 1.165) is 34.3 Å². The number of ether oxygens (including phenoxy) is 1. The van der Waals surface area contributed by atoms with Gasteiger partial charge in [-0.1, -0.05) is 25.1 Å². The first kappa shape index (κ1) is 14.2. The van der Waals surface area contributed by atoms with Crippen LogP contribution in [0.15, 0.2) is 48.7 Å². The molecule has 4 nitrogen and oxygen atoms in total. The van der Waals surface area contributed by atoms with Crippen LogP contribution in [0, 0.1) is 0 Å². The number of aromatic amines is 1. The normalized spacial score (nSPS) is 10.6. The molecule has 3 rings (SSSR count). The zero-order valence-electron chi connectivity index (χ0n) is 12.6. The number of carbonyl (C=O) groups is 1. The summed E-state index contributed by atoms with van der Waals surface area (Å²) in [4.78, 5) is 15.7. The van der Waals surface area contributed by atoms with E-state index in [1.807, 2.05) is 42.5 Å². The summed E-state index contributed by atoms with van der Waals surface area (Å²) in [5.74, 6) is 0.607. The second-order valence-electron chi connectivity index (χ2n) is 5.08. The van der Waals surface area contributed by atoms with Gasteiger partial charge >= 0.3 is 0 Å². The fourth-order valence-corrected chi connectivity index (χ4v) is 2.55. The zero-order valence-corrected chi connectivity index (χ0v) is 12.6. The Kier molecular flexibility index (Phi) is 3.83. The maximum atomic E-state index is 12.6. The molecule has 2 aromatic carbocycles. The van der Waals surface area contributed by atoms with Crippen LogP contribution in [0.4, 0.5) is 5.69 Å². The summed E-state index contributed by atoms with van der Waals surface area (Å²) in [5, 5.41) is 3.85. The first-order valence-electron chi connectivity index (χ1n) is 7.27. The van der Waals surface area contributed by atoms with Crippen LogP contribution in [0.5, 0.6) is 5.75 Å². The van der Waals surface area contributed by atoms with Gasteiger partial charge in [0.2, 0.25) is 0 Å². The first-order valence-corrected chi connectivity index (χ1v) is 7.27. The third-order valence-electron chi connectivity index (χ3n) is 3.78. The van der Waals surface area contributed by atoms with Crippen molar-refractivity contribution in [3.8, 4) is 5.75 Å². The van der Waals surface area contributed by atoms with Crippen molar-refractivity contribution in [3.63, 3.8) is 0 Å². The molecule has 0 atom stereocenters. The van der Waals surface area contributed by atoms with Gasteiger partial charge in [0.05, 0.1) is 12.7 Å². The highest BCUT2D eigenvalue weighted by atomic mass is 16.5. The third kappa shape index (κ3) is 2.55. The Morgan fingerprint density at radius 1 is 1.23 bits per heavy atom. The molecule has 1 heterocycles. The molecule has 0 bridgehead atoms. The predicted octanol–water partition coefficient (Wildman–Crippen LogP) is 3.99. The van der Waals surface area contributed by atoms with Crippen molar-refractivity contribution in [3.05, 3.63) is 59.8 Å². The number of anilines is 1. The molecule has 112 valence electrons. The highest BCUT2D eigenvalue weighted by molar-refractivity contribution is 6.13. The lowest BCUT2D eigenvalue weighted by atomic mass is 10.1. The minimum atomic E-state index is -0.125. The van der Waals surface area contributed by atoms with E-state index in [-0.39, 0.29) is 5.91 Å². The van der Waals surface area contributed by atoms with Crippen molar-refractivity contribution in [2.75, 3.05) is 12.4 Å². The van der Waals surface area contributed by atoms with Gasteiger partial charge in [-0.2, -0.15) is 0 Å². The highest BCUT2D eigenvalue weighted by Gasteiger charge is 2.14. The number of aryl methyl sites for hydroxylation is 1. The molecule has 1 amide bonds. The molecule has 0 aliphatic heterocycles. The van der Waals surface area contributed by atoms with Crippen LogP contribution >= 0.6 is 0 Å². The van der Waals surface area contributed by atoms with E-state index in [0.29, 0.717) is 5.56 Å². The molecular formula is C18H18N2O2. The van der Waals surface area contributed by atoms with Crippen molar-refractivity contribution >= 4 is 22.5 Å². The number of carbonyl (C=O) groups excluding carboxylic acids is 1. The first-order chi connectivity index (χ1) is 10.7. The van der Waals surface area contributed by atoms with Crippen LogP contribution in [0.3, 0.4) is 0 Å². The summed E-state index contributed by atoms with van der Waals surface area (Å²) in [5.41, 5.74) is 3.50. The van der Waals surface area contributed by atoms with Gasteiger partial charge in [0, 0.05) is 22.8 Å². The number of benzene rings is 2. The van der Waals surface area contributed by atoms with Crippen molar-refractivity contribution in [1.82, 2.24) is 4.98 Å². The molecular weight excluding hydrogens is 276 g/mol. The van der Waals surface area contributed by atoms with Crippen molar-refractivity contribution in [1.29, 1.82) is 0 Å². The minimum absolute atomic E-state index is 0.125. The van der Waals surface area contributed by atoms with E-state index in [4.69, 9.17) is 4.74 Å². The molecule has 0 radical (unpaired) electrons. The molecule has 1 aromatic heterocycles.